The number of ether oxygens (including phenoxy) is 2. The molecule has 0 unspecified atom stereocenters. The fourth-order valence-electron chi connectivity index (χ4n) is 3.51. The molecule has 0 atom stereocenters. The molecule has 0 aliphatic rings. The van der Waals surface area contributed by atoms with Crippen molar-refractivity contribution in [3.63, 3.8) is 0 Å². The van der Waals surface area contributed by atoms with Crippen molar-refractivity contribution in [1.29, 1.82) is 0 Å². The molecule has 1 N–H and O–H groups in total. The summed E-state index contributed by atoms with van der Waals surface area (Å²) in [7, 11) is 1.55. The Kier molecular flexibility index (Phi) is 6.76. The van der Waals surface area contributed by atoms with E-state index >= 15 is 0 Å². The maximum absolute atomic E-state index is 14.5. The number of hydrogen-bond donors (Lipinski definition) is 1. The van der Waals surface area contributed by atoms with E-state index in [-0.39, 0.29) is 30.3 Å². The molecule has 0 saturated heterocycles. The first-order valence-corrected chi connectivity index (χ1v) is 10.2. The average molecular weight is 483 g/mol. The van der Waals surface area contributed by atoms with Crippen LogP contribution in [0.15, 0.2) is 76.2 Å². The molecule has 5 rings (SSSR count). The van der Waals surface area contributed by atoms with Crippen molar-refractivity contribution in [3.8, 4) is 34.1 Å². The lowest BCUT2D eigenvalue weighted by Gasteiger charge is -2.06. The van der Waals surface area contributed by atoms with Crippen LogP contribution in [0.25, 0.3) is 39.3 Å². The fraction of sp³-hybridized carbons (Fsp3) is 0.125. The third-order valence-corrected chi connectivity index (χ3v) is 5.17. The largest absolute Gasteiger partial charge is 0.488 e. The average Bonchev–Trinajstić information content (AvgIpc) is 3.47. The van der Waals surface area contributed by atoms with Crippen molar-refractivity contribution in [2.24, 2.45) is 0 Å². The van der Waals surface area contributed by atoms with E-state index < -0.39 is 5.82 Å². The van der Waals surface area contributed by atoms with Crippen LogP contribution < -0.4 is 10.3 Å². The Balaban J connectivity index is 0.00000274. The van der Waals surface area contributed by atoms with Crippen LogP contribution >= 0.6 is 12.4 Å². The van der Waals surface area contributed by atoms with Gasteiger partial charge in [0.2, 0.25) is 0 Å². The highest BCUT2D eigenvalue weighted by molar-refractivity contribution is 5.92. The maximum Gasteiger partial charge on any atom is 0.255 e. The summed E-state index contributed by atoms with van der Waals surface area (Å²) in [6.45, 7) is 0.596. The van der Waals surface area contributed by atoms with Gasteiger partial charge in [-0.3, -0.25) is 14.5 Å². The Hall–Kier alpha value is -3.95. The molecular formula is C24H20ClFN4O4. The number of aromatic nitrogens is 4. The number of rotatable bonds is 7. The van der Waals surface area contributed by atoms with Gasteiger partial charge >= 0.3 is 0 Å². The minimum atomic E-state index is -0.507. The number of H-pyrrole nitrogens is 1. The molecule has 5 aromatic rings. The second-order valence-electron chi connectivity index (χ2n) is 7.27. The van der Waals surface area contributed by atoms with Gasteiger partial charge in [-0.2, -0.15) is 5.10 Å². The van der Waals surface area contributed by atoms with Crippen LogP contribution in [0.5, 0.6) is 5.75 Å². The second kappa shape index (κ2) is 9.90. The zero-order valence-electron chi connectivity index (χ0n) is 18.0. The molecule has 8 nitrogen and oxygen atoms in total. The molecular weight excluding hydrogens is 463 g/mol. The molecule has 0 spiro atoms. The zero-order valence-corrected chi connectivity index (χ0v) is 18.8. The third-order valence-electron chi connectivity index (χ3n) is 5.17. The summed E-state index contributed by atoms with van der Waals surface area (Å²) in [5.74, 6) is 0.00501. The second-order valence-corrected chi connectivity index (χ2v) is 7.27. The number of aromatic amines is 1. The van der Waals surface area contributed by atoms with Gasteiger partial charge in [-0.1, -0.05) is 23.4 Å². The van der Waals surface area contributed by atoms with Crippen LogP contribution in [0, 0.1) is 5.82 Å². The number of halogens is 2. The van der Waals surface area contributed by atoms with E-state index in [4.69, 9.17) is 14.0 Å². The lowest BCUT2D eigenvalue weighted by molar-refractivity contribution is 0.144. The Labute approximate surface area is 199 Å². The molecule has 0 amide bonds. The van der Waals surface area contributed by atoms with Crippen molar-refractivity contribution < 1.29 is 18.4 Å². The van der Waals surface area contributed by atoms with Gasteiger partial charge in [0.1, 0.15) is 18.0 Å². The van der Waals surface area contributed by atoms with E-state index in [2.05, 4.69) is 15.4 Å². The molecule has 0 radical (unpaired) electrons. The van der Waals surface area contributed by atoms with Gasteiger partial charge in [0.05, 0.1) is 12.1 Å². The highest BCUT2D eigenvalue weighted by Gasteiger charge is 2.17. The van der Waals surface area contributed by atoms with Gasteiger partial charge < -0.3 is 14.0 Å². The zero-order chi connectivity index (χ0) is 22.8. The van der Waals surface area contributed by atoms with Crippen molar-refractivity contribution >= 4 is 23.3 Å². The summed E-state index contributed by atoms with van der Waals surface area (Å²) in [5.41, 5.74) is 3.07. The normalized spacial score (nSPS) is 10.9. The Morgan fingerprint density at radius 1 is 1.09 bits per heavy atom. The van der Waals surface area contributed by atoms with Crippen LogP contribution in [-0.2, 0) is 4.74 Å². The summed E-state index contributed by atoms with van der Waals surface area (Å²) >= 11 is 0. The van der Waals surface area contributed by atoms with Crippen LogP contribution in [0.4, 0.5) is 4.39 Å². The first kappa shape index (κ1) is 23.2. The number of nitrogens with zero attached hydrogens (tertiary/aromatic N) is 3. The highest BCUT2D eigenvalue weighted by Crippen LogP contribution is 2.33. The number of fused-ring (bicyclic) bond motifs is 1. The topological polar surface area (TPSA) is 95.2 Å². The van der Waals surface area contributed by atoms with Crippen LogP contribution in [-0.4, -0.2) is 40.2 Å². The first-order valence-electron chi connectivity index (χ1n) is 10.2. The molecule has 0 aliphatic heterocycles. The molecule has 0 aliphatic carbocycles. The summed E-state index contributed by atoms with van der Waals surface area (Å²) < 4.78 is 31.9. The van der Waals surface area contributed by atoms with E-state index in [1.807, 2.05) is 24.3 Å². The molecule has 34 heavy (non-hydrogen) atoms. The molecule has 174 valence electrons. The minimum absolute atomic E-state index is 0. The minimum Gasteiger partial charge on any atom is -0.488 e. The van der Waals surface area contributed by atoms with E-state index in [0.29, 0.717) is 34.7 Å². The number of benzene rings is 2. The predicted molar refractivity (Wildman–Crippen MR) is 127 cm³/mol. The van der Waals surface area contributed by atoms with Crippen molar-refractivity contribution in [3.05, 3.63) is 83.0 Å². The van der Waals surface area contributed by atoms with Crippen LogP contribution in [0.2, 0.25) is 0 Å². The van der Waals surface area contributed by atoms with E-state index in [1.54, 1.807) is 42.1 Å². The summed E-state index contributed by atoms with van der Waals surface area (Å²) in [4.78, 5) is 12.0. The number of nitrogens with one attached hydrogen (secondary N) is 1. The van der Waals surface area contributed by atoms with Gasteiger partial charge in [0, 0.05) is 48.1 Å². The van der Waals surface area contributed by atoms with Gasteiger partial charge in [-0.25, -0.2) is 4.39 Å². The quantitative estimate of drug-likeness (QED) is 0.340. The van der Waals surface area contributed by atoms with Crippen molar-refractivity contribution in [1.82, 2.24) is 19.9 Å². The van der Waals surface area contributed by atoms with E-state index in [0.717, 1.165) is 11.3 Å². The van der Waals surface area contributed by atoms with E-state index in [9.17, 15) is 9.18 Å². The fourth-order valence-corrected chi connectivity index (χ4v) is 3.51. The number of pyridine rings is 1. The van der Waals surface area contributed by atoms with E-state index in [1.165, 1.54) is 12.1 Å². The van der Waals surface area contributed by atoms with Gasteiger partial charge in [0.25, 0.3) is 5.56 Å². The molecule has 0 fully saturated rings. The Bertz CT molecular complexity index is 1480. The molecule has 2 aromatic carbocycles. The van der Waals surface area contributed by atoms with Gasteiger partial charge in [0.15, 0.2) is 17.3 Å². The molecule has 3 aromatic heterocycles. The number of hydrogen-bond acceptors (Lipinski definition) is 6. The molecule has 10 heteroatoms. The summed E-state index contributed by atoms with van der Waals surface area (Å²) in [6, 6.07) is 17.0. The number of methoxy groups -OCH3 is 1. The standard InChI is InChI=1S/C24H19FN4O4.ClH/c1-31-10-11-32-21-14-20-17(12-18(21)25)24(27-26-20)22-13-19(28-33-22)15-5-7-16(8-6-15)29-9-3-2-4-23(29)30;/h2-9,12-14H,10-11H2,1H3,(H,26,27);1H. The SMILES string of the molecule is COCCOc1cc2[nH]nc(-c3cc(-c4ccc(-n5ccccc5=O)cc4)no3)c2cc1F.Cl. The first-order chi connectivity index (χ1) is 16.1. The van der Waals surface area contributed by atoms with Crippen LogP contribution in [0.3, 0.4) is 0 Å². The molecule has 0 saturated carbocycles. The van der Waals surface area contributed by atoms with Gasteiger partial charge in [-0.05, 0) is 24.3 Å². The maximum atomic E-state index is 14.5. The third kappa shape index (κ3) is 4.43. The molecule has 3 heterocycles. The van der Waals surface area contributed by atoms with Crippen molar-refractivity contribution in [2.75, 3.05) is 20.3 Å². The lowest BCUT2D eigenvalue weighted by Crippen LogP contribution is -2.15. The summed E-state index contributed by atoms with van der Waals surface area (Å²) in [5, 5.41) is 11.8. The molecule has 0 bridgehead atoms. The Morgan fingerprint density at radius 2 is 1.91 bits per heavy atom. The lowest BCUT2D eigenvalue weighted by atomic mass is 10.1. The van der Waals surface area contributed by atoms with Gasteiger partial charge in [-0.15, -0.1) is 12.4 Å². The van der Waals surface area contributed by atoms with Crippen molar-refractivity contribution in [2.45, 2.75) is 0 Å². The smallest absolute Gasteiger partial charge is 0.255 e. The monoisotopic (exact) mass is 482 g/mol. The Morgan fingerprint density at radius 3 is 2.68 bits per heavy atom. The predicted octanol–water partition coefficient (Wildman–Crippen LogP) is 4.62. The summed E-state index contributed by atoms with van der Waals surface area (Å²) in [6.07, 6.45) is 1.71. The highest BCUT2D eigenvalue weighted by atomic mass is 35.5. The van der Waals surface area contributed by atoms with Crippen LogP contribution in [0.1, 0.15) is 0 Å².